The first kappa shape index (κ1) is 15.1. The Morgan fingerprint density at radius 1 is 1.41 bits per heavy atom. The van der Waals surface area contributed by atoms with Gasteiger partial charge < -0.3 is 11.5 Å². The lowest BCUT2D eigenvalue weighted by Gasteiger charge is -2.01. The van der Waals surface area contributed by atoms with Crippen molar-refractivity contribution in [1.29, 1.82) is 0 Å². The van der Waals surface area contributed by atoms with E-state index in [1.54, 1.807) is 12.3 Å². The van der Waals surface area contributed by atoms with Gasteiger partial charge in [-0.25, -0.2) is 0 Å². The van der Waals surface area contributed by atoms with Crippen LogP contribution in [-0.2, 0) is 0 Å². The van der Waals surface area contributed by atoms with Crippen LogP contribution in [0.1, 0.15) is 33.4 Å². The number of aliphatic imine (C=N–C) groups is 1. The van der Waals surface area contributed by atoms with Gasteiger partial charge in [-0.1, -0.05) is 13.8 Å². The molecule has 94 valence electrons. The Balaban J connectivity index is 0.00000121. The average molecular weight is 235 g/mol. The fourth-order valence-corrected chi connectivity index (χ4v) is 0.947. The van der Waals surface area contributed by atoms with Gasteiger partial charge in [0.25, 0.3) is 0 Å². The van der Waals surface area contributed by atoms with Gasteiger partial charge in [0.05, 0.1) is 17.6 Å². The summed E-state index contributed by atoms with van der Waals surface area (Å²) in [5.74, 6) is 0. The van der Waals surface area contributed by atoms with E-state index < -0.39 is 0 Å². The summed E-state index contributed by atoms with van der Waals surface area (Å²) in [5.41, 5.74) is 13.0. The molecule has 0 aliphatic heterocycles. The van der Waals surface area contributed by atoms with Gasteiger partial charge in [0, 0.05) is 24.0 Å². The second-order valence-electron chi connectivity index (χ2n) is 3.37. The first-order chi connectivity index (χ1) is 8.13. The minimum absolute atomic E-state index is 0.217. The summed E-state index contributed by atoms with van der Waals surface area (Å²) in [6.45, 7) is 7.96. The molecule has 0 unspecified atom stereocenters. The van der Waals surface area contributed by atoms with Crippen LogP contribution in [0.25, 0.3) is 5.57 Å². The third-order valence-electron chi connectivity index (χ3n) is 1.66. The SMILES string of the molecule is CC.CC(C)N=C/C(=C\N)c1cc(N)cnn1. The monoisotopic (exact) mass is 235 g/mol. The highest BCUT2D eigenvalue weighted by Gasteiger charge is 2.01. The molecule has 17 heavy (non-hydrogen) atoms. The number of nitrogen functional groups attached to an aromatic ring is 1. The Labute approximate surface area is 103 Å². The zero-order valence-corrected chi connectivity index (χ0v) is 10.9. The molecule has 1 heterocycles. The van der Waals surface area contributed by atoms with Crippen LogP contribution in [0.2, 0.25) is 0 Å². The molecule has 5 nitrogen and oxygen atoms in total. The van der Waals surface area contributed by atoms with Crippen molar-refractivity contribution in [3.05, 3.63) is 24.2 Å². The fraction of sp³-hybridized carbons (Fsp3) is 0.417. The van der Waals surface area contributed by atoms with Crippen LogP contribution in [0.5, 0.6) is 0 Å². The summed E-state index contributed by atoms with van der Waals surface area (Å²) < 4.78 is 0. The molecule has 1 aromatic rings. The van der Waals surface area contributed by atoms with Crippen LogP contribution in [0.4, 0.5) is 5.69 Å². The Hall–Kier alpha value is -1.91. The molecule has 0 fully saturated rings. The maximum atomic E-state index is 5.59. The van der Waals surface area contributed by atoms with Crippen LogP contribution in [0.3, 0.4) is 0 Å². The van der Waals surface area contributed by atoms with Gasteiger partial charge in [0.2, 0.25) is 0 Å². The smallest absolute Gasteiger partial charge is 0.0979 e. The van der Waals surface area contributed by atoms with Gasteiger partial charge in [0.1, 0.15) is 0 Å². The fourth-order valence-electron chi connectivity index (χ4n) is 0.947. The van der Waals surface area contributed by atoms with E-state index in [4.69, 9.17) is 11.5 Å². The molecule has 1 rings (SSSR count). The molecular formula is C12H21N5. The predicted octanol–water partition coefficient (Wildman–Crippen LogP) is 1.86. The highest BCUT2D eigenvalue weighted by atomic mass is 15.1. The van der Waals surface area contributed by atoms with E-state index in [0.29, 0.717) is 17.0 Å². The van der Waals surface area contributed by atoms with E-state index in [0.717, 1.165) is 0 Å². The molecule has 0 bridgehead atoms. The number of hydrogen-bond donors (Lipinski definition) is 2. The number of anilines is 1. The van der Waals surface area contributed by atoms with E-state index in [-0.39, 0.29) is 6.04 Å². The number of nitrogens with zero attached hydrogens (tertiary/aromatic N) is 3. The second kappa shape index (κ2) is 8.27. The summed E-state index contributed by atoms with van der Waals surface area (Å²) >= 11 is 0. The van der Waals surface area contributed by atoms with E-state index in [1.807, 2.05) is 27.7 Å². The topological polar surface area (TPSA) is 90.2 Å². The third-order valence-corrected chi connectivity index (χ3v) is 1.66. The molecule has 1 aromatic heterocycles. The van der Waals surface area contributed by atoms with Gasteiger partial charge in [-0.15, -0.1) is 0 Å². The van der Waals surface area contributed by atoms with E-state index in [1.165, 1.54) is 12.4 Å². The molecule has 0 spiro atoms. The minimum atomic E-state index is 0.217. The van der Waals surface area contributed by atoms with Gasteiger partial charge >= 0.3 is 0 Å². The third kappa shape index (κ3) is 5.65. The lowest BCUT2D eigenvalue weighted by Crippen LogP contribution is -2.00. The molecule has 0 amide bonds. The van der Waals surface area contributed by atoms with Crippen molar-refractivity contribution in [2.24, 2.45) is 10.7 Å². The van der Waals surface area contributed by atoms with Crippen LogP contribution < -0.4 is 11.5 Å². The number of nitrogens with two attached hydrogens (primary N) is 2. The number of hydrogen-bond acceptors (Lipinski definition) is 5. The molecule has 0 atom stereocenters. The molecule has 0 aliphatic rings. The van der Waals surface area contributed by atoms with Crippen LogP contribution >= 0.6 is 0 Å². The number of rotatable bonds is 3. The molecule has 0 aromatic carbocycles. The van der Waals surface area contributed by atoms with E-state index in [2.05, 4.69) is 15.2 Å². The van der Waals surface area contributed by atoms with Gasteiger partial charge in [-0.3, -0.25) is 4.99 Å². The highest BCUT2D eigenvalue weighted by molar-refractivity contribution is 6.08. The van der Waals surface area contributed by atoms with Crippen LogP contribution in [0.15, 0.2) is 23.5 Å². The van der Waals surface area contributed by atoms with Crippen molar-refractivity contribution >= 4 is 17.5 Å². The Bertz CT molecular complexity index is 382. The molecule has 0 saturated carbocycles. The summed E-state index contributed by atoms with van der Waals surface area (Å²) in [7, 11) is 0. The van der Waals surface area contributed by atoms with E-state index >= 15 is 0 Å². The first-order valence-electron chi connectivity index (χ1n) is 5.67. The molecule has 0 radical (unpaired) electrons. The Morgan fingerprint density at radius 3 is 2.53 bits per heavy atom. The van der Waals surface area contributed by atoms with Gasteiger partial charge in [0.15, 0.2) is 0 Å². The van der Waals surface area contributed by atoms with Crippen molar-refractivity contribution in [3.8, 4) is 0 Å². The normalized spacial score (nSPS) is 11.5. The predicted molar refractivity (Wildman–Crippen MR) is 73.6 cm³/mol. The van der Waals surface area contributed by atoms with Crippen molar-refractivity contribution in [2.45, 2.75) is 33.7 Å². The minimum Gasteiger partial charge on any atom is -0.404 e. The van der Waals surface area contributed by atoms with Crippen molar-refractivity contribution in [1.82, 2.24) is 10.2 Å². The maximum Gasteiger partial charge on any atom is 0.0979 e. The van der Waals surface area contributed by atoms with Gasteiger partial charge in [-0.05, 0) is 19.9 Å². The summed E-state index contributed by atoms with van der Waals surface area (Å²) in [4.78, 5) is 4.22. The zero-order valence-electron chi connectivity index (χ0n) is 10.9. The van der Waals surface area contributed by atoms with Crippen molar-refractivity contribution in [3.63, 3.8) is 0 Å². The molecular weight excluding hydrogens is 214 g/mol. The quantitative estimate of drug-likeness (QED) is 0.782. The van der Waals surface area contributed by atoms with Crippen LogP contribution in [-0.4, -0.2) is 22.5 Å². The molecule has 0 saturated heterocycles. The largest absolute Gasteiger partial charge is 0.404 e. The summed E-state index contributed by atoms with van der Waals surface area (Å²) in [5, 5.41) is 7.67. The van der Waals surface area contributed by atoms with Gasteiger partial charge in [-0.2, -0.15) is 10.2 Å². The summed E-state index contributed by atoms with van der Waals surface area (Å²) in [6.07, 6.45) is 4.60. The Morgan fingerprint density at radius 2 is 2.06 bits per heavy atom. The standard InChI is InChI=1S/C10H15N5.C2H6/c1-7(2)13-5-8(4-11)10-3-9(12)6-14-15-10;1-2/h3-7H,11H2,1-2H3,(H2,12,15);1-2H3/b8-4+,13-5?;. The van der Waals surface area contributed by atoms with E-state index in [9.17, 15) is 0 Å². The second-order valence-corrected chi connectivity index (χ2v) is 3.37. The molecule has 0 aliphatic carbocycles. The molecule has 5 heteroatoms. The zero-order chi connectivity index (χ0) is 13.3. The number of aromatic nitrogens is 2. The Kier molecular flexibility index (Phi) is 7.34. The lowest BCUT2D eigenvalue weighted by molar-refractivity contribution is 0.842. The number of allylic oxidation sites excluding steroid dienone is 1. The average Bonchev–Trinajstić information content (AvgIpc) is 2.32. The highest BCUT2D eigenvalue weighted by Crippen LogP contribution is 2.10. The maximum absolute atomic E-state index is 5.59. The van der Waals surface area contributed by atoms with Crippen molar-refractivity contribution in [2.75, 3.05) is 5.73 Å². The first-order valence-corrected chi connectivity index (χ1v) is 5.67. The molecule has 4 N–H and O–H groups in total. The van der Waals surface area contributed by atoms with Crippen molar-refractivity contribution < 1.29 is 0 Å². The summed E-state index contributed by atoms with van der Waals surface area (Å²) in [6, 6.07) is 1.92. The van der Waals surface area contributed by atoms with Crippen LogP contribution in [0, 0.1) is 0 Å². The lowest BCUT2D eigenvalue weighted by atomic mass is 10.2.